The van der Waals surface area contributed by atoms with Crippen molar-refractivity contribution in [1.29, 1.82) is 0 Å². The zero-order valence-electron chi connectivity index (χ0n) is 18.7. The Morgan fingerprint density at radius 2 is 1.58 bits per heavy atom. The fourth-order valence-corrected chi connectivity index (χ4v) is 4.20. The van der Waals surface area contributed by atoms with E-state index in [0.717, 1.165) is 44.9 Å². The average Bonchev–Trinajstić information content (AvgIpc) is 3.37. The molecule has 165 valence electrons. The number of ether oxygens (including phenoxy) is 5. The molecule has 0 fully saturated rings. The van der Waals surface area contributed by atoms with Crippen molar-refractivity contribution in [2.45, 2.75) is 0 Å². The predicted octanol–water partition coefficient (Wildman–Crippen LogP) is 6.24. The molecule has 1 aliphatic rings. The number of hydrogen-bond donors (Lipinski definition) is 0. The molecule has 0 unspecified atom stereocenters. The highest BCUT2D eigenvalue weighted by atomic mass is 16.7. The van der Waals surface area contributed by atoms with E-state index in [1.54, 1.807) is 21.3 Å². The van der Waals surface area contributed by atoms with Gasteiger partial charge in [0, 0.05) is 27.8 Å². The van der Waals surface area contributed by atoms with Gasteiger partial charge in [-0.15, -0.1) is 0 Å². The van der Waals surface area contributed by atoms with Crippen LogP contribution in [0.2, 0.25) is 0 Å². The van der Waals surface area contributed by atoms with Crippen molar-refractivity contribution in [3.8, 4) is 62.1 Å². The molecule has 5 heteroatoms. The first-order valence-corrected chi connectivity index (χ1v) is 10.5. The van der Waals surface area contributed by atoms with E-state index in [1.165, 1.54) is 0 Å². The molecule has 0 atom stereocenters. The van der Waals surface area contributed by atoms with Gasteiger partial charge in [0.05, 0.1) is 21.3 Å². The molecule has 0 amide bonds. The van der Waals surface area contributed by atoms with Crippen LogP contribution in [0.3, 0.4) is 0 Å². The summed E-state index contributed by atoms with van der Waals surface area (Å²) in [6.07, 6.45) is 0. The van der Waals surface area contributed by atoms with Gasteiger partial charge in [-0.05, 0) is 42.0 Å². The number of para-hydroxylation sites is 2. The minimum atomic E-state index is 0.180. The molecule has 0 aliphatic carbocycles. The Kier molecular flexibility index (Phi) is 5.53. The van der Waals surface area contributed by atoms with E-state index in [-0.39, 0.29) is 6.79 Å². The van der Waals surface area contributed by atoms with Gasteiger partial charge in [-0.3, -0.25) is 0 Å². The lowest BCUT2D eigenvalue weighted by molar-refractivity contribution is 0.174. The predicted molar refractivity (Wildman–Crippen MR) is 127 cm³/mol. The van der Waals surface area contributed by atoms with Gasteiger partial charge in [0.2, 0.25) is 6.79 Å². The number of methoxy groups -OCH3 is 3. The second-order valence-electron chi connectivity index (χ2n) is 7.46. The Hall–Kier alpha value is -4.12. The zero-order valence-corrected chi connectivity index (χ0v) is 18.7. The van der Waals surface area contributed by atoms with E-state index in [2.05, 4.69) is 6.07 Å². The van der Waals surface area contributed by atoms with Crippen LogP contribution in [0.5, 0.6) is 28.7 Å². The highest BCUT2D eigenvalue weighted by molar-refractivity contribution is 5.96. The quantitative estimate of drug-likeness (QED) is 0.356. The summed E-state index contributed by atoms with van der Waals surface area (Å²) in [6, 6.07) is 27.1. The van der Waals surface area contributed by atoms with Crippen LogP contribution in [0.4, 0.5) is 0 Å². The normalized spacial score (nSPS) is 11.8. The fourth-order valence-electron chi connectivity index (χ4n) is 4.20. The fraction of sp³-hybridized carbons (Fsp3) is 0.143. The van der Waals surface area contributed by atoms with E-state index in [0.29, 0.717) is 17.2 Å². The second-order valence-corrected chi connectivity index (χ2v) is 7.46. The monoisotopic (exact) mass is 439 g/mol. The van der Waals surface area contributed by atoms with E-state index in [9.17, 15) is 0 Å². The first-order valence-electron chi connectivity index (χ1n) is 10.5. The highest BCUT2D eigenvalue weighted by Gasteiger charge is 2.26. The maximum atomic E-state index is 6.06. The standard InChI is InChI=1S/C28H23O5/c1-29-19-9-6-8-18(16-19)20-14-15-22(21-10-4-5-12-24(21)30-2)28(31-3)26(20)23-11-7-13-25-27(23)33-17-32-25/h4-13,15-16H,17H2,1-3H3. The Morgan fingerprint density at radius 1 is 0.758 bits per heavy atom. The van der Waals surface area contributed by atoms with Crippen LogP contribution in [0.1, 0.15) is 0 Å². The Morgan fingerprint density at radius 3 is 2.39 bits per heavy atom. The zero-order chi connectivity index (χ0) is 22.8. The van der Waals surface area contributed by atoms with E-state index < -0.39 is 0 Å². The Labute approximate surface area is 193 Å². The topological polar surface area (TPSA) is 46.2 Å². The molecule has 1 aliphatic heterocycles. The maximum absolute atomic E-state index is 6.06. The van der Waals surface area contributed by atoms with Crippen LogP contribution in [0.15, 0.2) is 72.8 Å². The molecule has 5 rings (SSSR count). The number of benzene rings is 4. The molecule has 0 saturated heterocycles. The lowest BCUT2D eigenvalue weighted by Gasteiger charge is -2.20. The van der Waals surface area contributed by atoms with Gasteiger partial charge >= 0.3 is 0 Å². The lowest BCUT2D eigenvalue weighted by Crippen LogP contribution is -1.98. The minimum absolute atomic E-state index is 0.180. The van der Waals surface area contributed by atoms with Gasteiger partial charge in [-0.25, -0.2) is 0 Å². The van der Waals surface area contributed by atoms with Crippen LogP contribution < -0.4 is 23.7 Å². The van der Waals surface area contributed by atoms with Gasteiger partial charge < -0.3 is 23.7 Å². The van der Waals surface area contributed by atoms with Crippen LogP contribution in [0.25, 0.3) is 33.4 Å². The van der Waals surface area contributed by atoms with Crippen molar-refractivity contribution >= 4 is 0 Å². The van der Waals surface area contributed by atoms with E-state index in [1.807, 2.05) is 72.8 Å². The molecule has 0 saturated carbocycles. The second kappa shape index (κ2) is 8.79. The molecule has 33 heavy (non-hydrogen) atoms. The minimum Gasteiger partial charge on any atom is -0.497 e. The van der Waals surface area contributed by atoms with Crippen molar-refractivity contribution in [2.24, 2.45) is 0 Å². The molecule has 0 bridgehead atoms. The lowest BCUT2D eigenvalue weighted by atomic mass is 9.89. The SMILES string of the molecule is COc1cccc(-c2[c]cc(-c3ccccc3OC)c(OC)c2-c2cccc3c2OCO3)c1. The summed E-state index contributed by atoms with van der Waals surface area (Å²) >= 11 is 0. The number of hydrogen-bond acceptors (Lipinski definition) is 5. The molecule has 4 aromatic carbocycles. The third-order valence-electron chi connectivity index (χ3n) is 5.71. The van der Waals surface area contributed by atoms with Crippen molar-refractivity contribution in [3.05, 3.63) is 78.9 Å². The summed E-state index contributed by atoms with van der Waals surface area (Å²) < 4.78 is 28.7. The molecule has 0 spiro atoms. The average molecular weight is 439 g/mol. The summed E-state index contributed by atoms with van der Waals surface area (Å²) in [4.78, 5) is 0. The Balaban J connectivity index is 1.84. The summed E-state index contributed by atoms with van der Waals surface area (Å²) in [5.41, 5.74) is 5.33. The number of fused-ring (bicyclic) bond motifs is 1. The number of rotatable bonds is 6. The van der Waals surface area contributed by atoms with Crippen LogP contribution in [-0.2, 0) is 0 Å². The van der Waals surface area contributed by atoms with Crippen molar-refractivity contribution in [2.75, 3.05) is 28.1 Å². The summed E-state index contributed by atoms with van der Waals surface area (Å²) in [5.74, 6) is 3.60. The van der Waals surface area contributed by atoms with Gasteiger partial charge in [-0.1, -0.05) is 42.5 Å². The maximum Gasteiger partial charge on any atom is 0.231 e. The van der Waals surface area contributed by atoms with Crippen molar-refractivity contribution in [1.82, 2.24) is 0 Å². The molecule has 1 heterocycles. The van der Waals surface area contributed by atoms with E-state index >= 15 is 0 Å². The molecule has 0 aromatic heterocycles. The van der Waals surface area contributed by atoms with Crippen LogP contribution in [-0.4, -0.2) is 28.1 Å². The first kappa shape index (κ1) is 20.8. The van der Waals surface area contributed by atoms with Crippen LogP contribution in [0, 0.1) is 6.07 Å². The molecular formula is C28H23O5. The van der Waals surface area contributed by atoms with Gasteiger partial charge in [0.15, 0.2) is 11.5 Å². The van der Waals surface area contributed by atoms with Crippen LogP contribution >= 0.6 is 0 Å². The van der Waals surface area contributed by atoms with Gasteiger partial charge in [0.25, 0.3) is 0 Å². The highest BCUT2D eigenvalue weighted by Crippen LogP contribution is 2.51. The van der Waals surface area contributed by atoms with Gasteiger partial charge in [0.1, 0.15) is 17.2 Å². The summed E-state index contributed by atoms with van der Waals surface area (Å²) in [7, 11) is 4.99. The third kappa shape index (κ3) is 3.61. The molecule has 1 radical (unpaired) electrons. The Bertz CT molecular complexity index is 1310. The smallest absolute Gasteiger partial charge is 0.231 e. The molecule has 0 N–H and O–H groups in total. The van der Waals surface area contributed by atoms with E-state index in [4.69, 9.17) is 23.7 Å². The molecule has 5 nitrogen and oxygen atoms in total. The molecular weight excluding hydrogens is 416 g/mol. The van der Waals surface area contributed by atoms with Crippen molar-refractivity contribution < 1.29 is 23.7 Å². The largest absolute Gasteiger partial charge is 0.497 e. The van der Waals surface area contributed by atoms with Crippen molar-refractivity contribution in [3.63, 3.8) is 0 Å². The first-order chi connectivity index (χ1) is 16.2. The third-order valence-corrected chi connectivity index (χ3v) is 5.71. The van der Waals surface area contributed by atoms with Gasteiger partial charge in [-0.2, -0.15) is 0 Å². The molecule has 4 aromatic rings. The summed E-state index contributed by atoms with van der Waals surface area (Å²) in [6.45, 7) is 0.180. The summed E-state index contributed by atoms with van der Waals surface area (Å²) in [5, 5.41) is 0.